The molecule has 0 aromatic carbocycles. The number of rotatable bonds is 2. The summed E-state index contributed by atoms with van der Waals surface area (Å²) in [5, 5.41) is 2.67. The van der Waals surface area contributed by atoms with E-state index in [1.54, 1.807) is 0 Å². The summed E-state index contributed by atoms with van der Waals surface area (Å²) < 4.78 is 0. The molecule has 0 radical (unpaired) electrons. The highest BCUT2D eigenvalue weighted by Crippen LogP contribution is 2.38. The van der Waals surface area contributed by atoms with Crippen LogP contribution >= 0.6 is 36.2 Å². The van der Waals surface area contributed by atoms with E-state index < -0.39 is 0 Å². The van der Waals surface area contributed by atoms with Crippen molar-refractivity contribution in [1.82, 2.24) is 0 Å². The van der Waals surface area contributed by atoms with E-state index in [2.05, 4.69) is 36.2 Å². The molecule has 70 valence electrons. The van der Waals surface area contributed by atoms with Crippen molar-refractivity contribution in [2.75, 3.05) is 11.5 Å². The van der Waals surface area contributed by atoms with Crippen LogP contribution in [-0.4, -0.2) is 27.3 Å². The lowest BCUT2D eigenvalue weighted by molar-refractivity contribution is 0.529. The fraction of sp³-hybridized carbons (Fsp3) is 1.00. The van der Waals surface area contributed by atoms with Crippen LogP contribution in [0.1, 0.15) is 25.7 Å². The minimum atomic E-state index is 0.706. The summed E-state index contributed by atoms with van der Waals surface area (Å²) in [5.41, 5.74) is 0. The number of thioether (sulfide) groups is 2. The standard InChI is InChI=1S/C9H16S3/c10-7-1-3-8(4-2-7)12-9-5-11-6-9/h7-10H,1-6H2. The third-order valence-electron chi connectivity index (χ3n) is 2.64. The Bertz CT molecular complexity index is 137. The summed E-state index contributed by atoms with van der Waals surface area (Å²) in [4.78, 5) is 0. The van der Waals surface area contributed by atoms with Crippen LogP contribution < -0.4 is 0 Å². The topological polar surface area (TPSA) is 0 Å². The average Bonchev–Trinajstić information content (AvgIpc) is 2.00. The van der Waals surface area contributed by atoms with Gasteiger partial charge in [0.2, 0.25) is 0 Å². The highest BCUT2D eigenvalue weighted by atomic mass is 32.2. The van der Waals surface area contributed by atoms with Gasteiger partial charge in [-0.3, -0.25) is 0 Å². The minimum Gasteiger partial charge on any atom is -0.176 e. The Morgan fingerprint density at radius 3 is 2.17 bits per heavy atom. The third kappa shape index (κ3) is 2.52. The molecule has 0 aromatic heterocycles. The molecule has 1 saturated carbocycles. The second kappa shape index (κ2) is 4.52. The van der Waals surface area contributed by atoms with Crippen LogP contribution in [0, 0.1) is 0 Å². The average molecular weight is 220 g/mol. The number of hydrogen-bond donors (Lipinski definition) is 1. The van der Waals surface area contributed by atoms with Crippen molar-refractivity contribution < 1.29 is 0 Å². The van der Waals surface area contributed by atoms with Crippen LogP contribution in [0.5, 0.6) is 0 Å². The van der Waals surface area contributed by atoms with Gasteiger partial charge in [-0.1, -0.05) is 0 Å². The van der Waals surface area contributed by atoms with Crippen LogP contribution in [0.4, 0.5) is 0 Å². The zero-order chi connectivity index (χ0) is 8.39. The van der Waals surface area contributed by atoms with E-state index in [9.17, 15) is 0 Å². The molecule has 2 fully saturated rings. The lowest BCUT2D eigenvalue weighted by atomic mass is 10.00. The molecule has 3 heteroatoms. The van der Waals surface area contributed by atoms with Crippen LogP contribution in [-0.2, 0) is 0 Å². The molecule has 1 aliphatic carbocycles. The Morgan fingerprint density at radius 2 is 1.67 bits per heavy atom. The molecule has 1 heterocycles. The van der Waals surface area contributed by atoms with Gasteiger partial charge in [0, 0.05) is 27.3 Å². The molecule has 1 aliphatic heterocycles. The van der Waals surface area contributed by atoms with Crippen molar-refractivity contribution in [2.24, 2.45) is 0 Å². The van der Waals surface area contributed by atoms with E-state index >= 15 is 0 Å². The summed E-state index contributed by atoms with van der Waals surface area (Å²) >= 11 is 8.87. The van der Waals surface area contributed by atoms with Crippen LogP contribution in [0.15, 0.2) is 0 Å². The lowest BCUT2D eigenvalue weighted by Gasteiger charge is -2.32. The molecule has 0 atom stereocenters. The van der Waals surface area contributed by atoms with Gasteiger partial charge in [-0.15, -0.1) is 0 Å². The smallest absolute Gasteiger partial charge is 0.0231 e. The van der Waals surface area contributed by atoms with Gasteiger partial charge in [-0.25, -0.2) is 0 Å². The normalized spacial score (nSPS) is 37.8. The van der Waals surface area contributed by atoms with Crippen molar-refractivity contribution in [1.29, 1.82) is 0 Å². The SMILES string of the molecule is SC1CCC(SC2CSC2)CC1. The Morgan fingerprint density at radius 1 is 1.00 bits per heavy atom. The molecule has 0 amide bonds. The highest BCUT2D eigenvalue weighted by molar-refractivity contribution is 8.07. The van der Waals surface area contributed by atoms with E-state index in [-0.39, 0.29) is 0 Å². The second-order valence-electron chi connectivity index (χ2n) is 3.73. The van der Waals surface area contributed by atoms with E-state index in [0.29, 0.717) is 5.25 Å². The van der Waals surface area contributed by atoms with Gasteiger partial charge in [0.15, 0.2) is 0 Å². The van der Waals surface area contributed by atoms with Crippen LogP contribution in [0.3, 0.4) is 0 Å². The Balaban J connectivity index is 1.67. The Hall–Kier alpha value is 1.05. The van der Waals surface area contributed by atoms with Gasteiger partial charge < -0.3 is 0 Å². The molecule has 0 aromatic rings. The molecule has 2 rings (SSSR count). The van der Waals surface area contributed by atoms with Crippen molar-refractivity contribution in [3.05, 3.63) is 0 Å². The fourth-order valence-electron chi connectivity index (χ4n) is 1.75. The van der Waals surface area contributed by atoms with Gasteiger partial charge in [0.1, 0.15) is 0 Å². The van der Waals surface area contributed by atoms with Crippen molar-refractivity contribution in [3.8, 4) is 0 Å². The molecule has 12 heavy (non-hydrogen) atoms. The van der Waals surface area contributed by atoms with Crippen LogP contribution in [0.2, 0.25) is 0 Å². The zero-order valence-corrected chi connectivity index (χ0v) is 9.77. The van der Waals surface area contributed by atoms with Crippen molar-refractivity contribution >= 4 is 36.2 Å². The fourth-order valence-corrected chi connectivity index (χ4v) is 4.77. The first-order chi connectivity index (χ1) is 5.84. The molecule has 0 N–H and O–H groups in total. The quantitative estimate of drug-likeness (QED) is 0.710. The van der Waals surface area contributed by atoms with Crippen LogP contribution in [0.25, 0.3) is 0 Å². The largest absolute Gasteiger partial charge is 0.176 e. The predicted molar refractivity (Wildman–Crippen MR) is 63.7 cm³/mol. The molecule has 0 nitrogen and oxygen atoms in total. The van der Waals surface area contributed by atoms with Crippen molar-refractivity contribution in [3.63, 3.8) is 0 Å². The maximum atomic E-state index is 4.52. The Labute approximate surface area is 89.0 Å². The zero-order valence-electron chi connectivity index (χ0n) is 7.24. The summed E-state index contributed by atoms with van der Waals surface area (Å²) in [6.07, 6.45) is 5.53. The first-order valence-electron chi connectivity index (χ1n) is 4.76. The predicted octanol–water partition coefficient (Wildman–Crippen LogP) is 3.08. The summed E-state index contributed by atoms with van der Waals surface area (Å²) in [6.45, 7) is 0. The highest BCUT2D eigenvalue weighted by Gasteiger charge is 2.25. The second-order valence-corrected chi connectivity index (χ2v) is 7.14. The van der Waals surface area contributed by atoms with Gasteiger partial charge in [0.25, 0.3) is 0 Å². The number of thiol groups is 1. The molecule has 0 unspecified atom stereocenters. The third-order valence-corrected chi connectivity index (χ3v) is 6.43. The molecule has 0 spiro atoms. The van der Waals surface area contributed by atoms with Gasteiger partial charge in [-0.2, -0.15) is 36.2 Å². The van der Waals surface area contributed by atoms with E-state index in [4.69, 9.17) is 0 Å². The first-order valence-corrected chi connectivity index (χ1v) is 7.37. The van der Waals surface area contributed by atoms with E-state index in [1.807, 2.05) is 0 Å². The first kappa shape index (κ1) is 9.60. The molecule has 2 aliphatic rings. The van der Waals surface area contributed by atoms with Gasteiger partial charge >= 0.3 is 0 Å². The molecular weight excluding hydrogens is 204 g/mol. The molecule has 0 bridgehead atoms. The van der Waals surface area contributed by atoms with E-state index in [0.717, 1.165) is 10.5 Å². The van der Waals surface area contributed by atoms with Gasteiger partial charge in [-0.05, 0) is 25.7 Å². The summed E-state index contributed by atoms with van der Waals surface area (Å²) in [5.74, 6) is 2.82. The molecule has 1 saturated heterocycles. The monoisotopic (exact) mass is 220 g/mol. The summed E-state index contributed by atoms with van der Waals surface area (Å²) in [6, 6.07) is 0. The number of hydrogen-bond acceptors (Lipinski definition) is 3. The maximum absolute atomic E-state index is 4.52. The maximum Gasteiger partial charge on any atom is 0.0231 e. The lowest BCUT2D eigenvalue weighted by Crippen LogP contribution is -2.26. The summed E-state index contributed by atoms with van der Waals surface area (Å²) in [7, 11) is 0. The minimum absolute atomic E-state index is 0.706. The molecular formula is C9H16S3. The van der Waals surface area contributed by atoms with E-state index in [1.165, 1.54) is 37.2 Å². The van der Waals surface area contributed by atoms with Crippen molar-refractivity contribution in [2.45, 2.75) is 41.4 Å². The van der Waals surface area contributed by atoms with Gasteiger partial charge in [0.05, 0.1) is 0 Å². The Kier molecular flexibility index (Phi) is 3.61.